The highest BCUT2D eigenvalue weighted by Crippen LogP contribution is 2.23. The number of para-hydroxylation sites is 1. The summed E-state index contributed by atoms with van der Waals surface area (Å²) in [6.45, 7) is 0.404. The molecule has 0 radical (unpaired) electrons. The summed E-state index contributed by atoms with van der Waals surface area (Å²) < 4.78 is 5.33. The van der Waals surface area contributed by atoms with Gasteiger partial charge in [-0.05, 0) is 46.9 Å². The maximum Gasteiger partial charge on any atom is 0.261 e. The van der Waals surface area contributed by atoms with Crippen LogP contribution in [0, 0.1) is 0 Å². The summed E-state index contributed by atoms with van der Waals surface area (Å²) in [6, 6.07) is 29.0. The van der Waals surface area contributed by atoms with Gasteiger partial charge in [0.25, 0.3) is 11.5 Å². The lowest BCUT2D eigenvalue weighted by Gasteiger charge is -2.09. The first-order chi connectivity index (χ1) is 15.7. The number of rotatable bonds is 7. The monoisotopic (exact) mass is 424 g/mol. The van der Waals surface area contributed by atoms with Gasteiger partial charge in [0.15, 0.2) is 0 Å². The van der Waals surface area contributed by atoms with Crippen LogP contribution in [0.15, 0.2) is 95.8 Å². The van der Waals surface area contributed by atoms with Crippen molar-refractivity contribution in [2.75, 3.05) is 13.7 Å². The molecule has 5 heteroatoms. The molecule has 160 valence electrons. The number of amides is 1. The van der Waals surface area contributed by atoms with Crippen molar-refractivity contribution in [3.05, 3.63) is 112 Å². The minimum atomic E-state index is -0.413. The zero-order valence-electron chi connectivity index (χ0n) is 17.8. The third-order valence-electron chi connectivity index (χ3n) is 5.33. The Morgan fingerprint density at radius 2 is 1.47 bits per heavy atom. The summed E-state index contributed by atoms with van der Waals surface area (Å²) in [4.78, 5) is 27.9. The highest BCUT2D eigenvalue weighted by Gasteiger charge is 2.12. The van der Waals surface area contributed by atoms with Crippen LogP contribution in [0.3, 0.4) is 0 Å². The van der Waals surface area contributed by atoms with Gasteiger partial charge in [0.1, 0.15) is 11.3 Å². The van der Waals surface area contributed by atoms with Crippen molar-refractivity contribution in [2.24, 2.45) is 0 Å². The average Bonchev–Trinajstić information content (AvgIpc) is 2.85. The molecule has 2 N–H and O–H groups in total. The Bertz CT molecular complexity index is 1260. The van der Waals surface area contributed by atoms with Gasteiger partial charge in [-0.1, -0.05) is 72.8 Å². The van der Waals surface area contributed by atoms with Crippen LogP contribution in [0.25, 0.3) is 22.4 Å². The Labute approximate surface area is 186 Å². The fraction of sp³-hybridized carbons (Fsp3) is 0.111. The highest BCUT2D eigenvalue weighted by molar-refractivity contribution is 5.94. The van der Waals surface area contributed by atoms with Crippen molar-refractivity contribution < 1.29 is 9.53 Å². The van der Waals surface area contributed by atoms with Crippen LogP contribution in [-0.2, 0) is 6.42 Å². The topological polar surface area (TPSA) is 71.2 Å². The predicted octanol–water partition coefficient (Wildman–Crippen LogP) is 4.69. The number of H-pyrrole nitrogens is 1. The van der Waals surface area contributed by atoms with E-state index in [0.717, 1.165) is 28.0 Å². The van der Waals surface area contributed by atoms with Crippen molar-refractivity contribution in [1.82, 2.24) is 10.3 Å². The fourth-order valence-electron chi connectivity index (χ4n) is 3.61. The first kappa shape index (κ1) is 21.1. The van der Waals surface area contributed by atoms with Gasteiger partial charge >= 0.3 is 0 Å². The van der Waals surface area contributed by atoms with Crippen molar-refractivity contribution >= 4 is 5.91 Å². The van der Waals surface area contributed by atoms with E-state index in [1.54, 1.807) is 19.2 Å². The Hall–Kier alpha value is -4.12. The number of methoxy groups -OCH3 is 1. The van der Waals surface area contributed by atoms with Crippen molar-refractivity contribution in [1.29, 1.82) is 0 Å². The molecule has 3 aromatic carbocycles. The quantitative estimate of drug-likeness (QED) is 0.452. The molecule has 0 saturated heterocycles. The van der Waals surface area contributed by atoms with Crippen LogP contribution in [0.5, 0.6) is 5.75 Å². The molecule has 0 aliphatic heterocycles. The van der Waals surface area contributed by atoms with Crippen LogP contribution < -0.4 is 15.6 Å². The number of carbonyl (C=O) groups is 1. The van der Waals surface area contributed by atoms with Gasteiger partial charge in [-0.2, -0.15) is 0 Å². The first-order valence-corrected chi connectivity index (χ1v) is 10.4. The van der Waals surface area contributed by atoms with Crippen LogP contribution in [-0.4, -0.2) is 24.5 Å². The summed E-state index contributed by atoms with van der Waals surface area (Å²) in [6.07, 6.45) is 0.611. The third-order valence-corrected chi connectivity index (χ3v) is 5.33. The standard InChI is InChI=1S/C27H24N2O3/c1-32-25-10-6-5-9-22(25)17-18-28-26(30)23-15-16-24(29-27(23)31)21-13-11-20(12-14-21)19-7-3-2-4-8-19/h2-16H,17-18H2,1H3,(H,28,30)(H,29,31). The molecule has 0 unspecified atom stereocenters. The zero-order valence-corrected chi connectivity index (χ0v) is 17.8. The summed E-state index contributed by atoms with van der Waals surface area (Å²) in [5, 5.41) is 2.81. The Kier molecular flexibility index (Phi) is 6.46. The van der Waals surface area contributed by atoms with Crippen LogP contribution in [0.4, 0.5) is 0 Å². The van der Waals surface area contributed by atoms with Gasteiger partial charge in [0, 0.05) is 12.2 Å². The van der Waals surface area contributed by atoms with E-state index in [1.807, 2.05) is 66.7 Å². The lowest BCUT2D eigenvalue weighted by atomic mass is 10.0. The number of aromatic nitrogens is 1. The average molecular weight is 425 g/mol. The van der Waals surface area contributed by atoms with Gasteiger partial charge in [-0.25, -0.2) is 0 Å². The van der Waals surface area contributed by atoms with E-state index in [1.165, 1.54) is 0 Å². The van der Waals surface area contributed by atoms with E-state index in [4.69, 9.17) is 4.74 Å². The van der Waals surface area contributed by atoms with Gasteiger partial charge in [-0.15, -0.1) is 0 Å². The minimum Gasteiger partial charge on any atom is -0.496 e. The predicted molar refractivity (Wildman–Crippen MR) is 127 cm³/mol. The highest BCUT2D eigenvalue weighted by atomic mass is 16.5. The van der Waals surface area contributed by atoms with Gasteiger partial charge < -0.3 is 15.0 Å². The van der Waals surface area contributed by atoms with E-state index in [2.05, 4.69) is 22.4 Å². The smallest absolute Gasteiger partial charge is 0.261 e. The SMILES string of the molecule is COc1ccccc1CCNC(=O)c1ccc(-c2ccc(-c3ccccc3)cc2)[nH]c1=O. The molecule has 0 aliphatic carbocycles. The van der Waals surface area contributed by atoms with E-state index < -0.39 is 11.5 Å². The Morgan fingerprint density at radius 1 is 0.812 bits per heavy atom. The van der Waals surface area contributed by atoms with Crippen LogP contribution in [0.2, 0.25) is 0 Å². The number of pyridine rings is 1. The summed E-state index contributed by atoms with van der Waals surface area (Å²) in [7, 11) is 1.62. The molecule has 0 bridgehead atoms. The first-order valence-electron chi connectivity index (χ1n) is 10.4. The molecular weight excluding hydrogens is 400 g/mol. The Morgan fingerprint density at radius 3 is 2.19 bits per heavy atom. The normalized spacial score (nSPS) is 10.5. The van der Waals surface area contributed by atoms with E-state index >= 15 is 0 Å². The third kappa shape index (κ3) is 4.78. The number of aromatic amines is 1. The van der Waals surface area contributed by atoms with Crippen molar-refractivity contribution in [3.63, 3.8) is 0 Å². The zero-order chi connectivity index (χ0) is 22.3. The molecule has 0 atom stereocenters. The molecule has 0 spiro atoms. The number of nitrogens with one attached hydrogen (secondary N) is 2. The van der Waals surface area contributed by atoms with E-state index in [-0.39, 0.29) is 5.56 Å². The van der Waals surface area contributed by atoms with Crippen molar-refractivity contribution in [3.8, 4) is 28.1 Å². The lowest BCUT2D eigenvalue weighted by molar-refractivity contribution is 0.0952. The number of hydrogen-bond donors (Lipinski definition) is 2. The molecule has 5 nitrogen and oxygen atoms in total. The maximum atomic E-state index is 12.5. The second kappa shape index (κ2) is 9.79. The molecule has 0 saturated carbocycles. The molecule has 32 heavy (non-hydrogen) atoms. The largest absolute Gasteiger partial charge is 0.496 e. The van der Waals surface area contributed by atoms with Gasteiger partial charge in [0.05, 0.1) is 7.11 Å². The summed E-state index contributed by atoms with van der Waals surface area (Å²) >= 11 is 0. The lowest BCUT2D eigenvalue weighted by Crippen LogP contribution is -2.31. The number of benzene rings is 3. The maximum absolute atomic E-state index is 12.5. The van der Waals surface area contributed by atoms with Gasteiger partial charge in [-0.3, -0.25) is 9.59 Å². The molecule has 1 aromatic heterocycles. The van der Waals surface area contributed by atoms with Crippen molar-refractivity contribution in [2.45, 2.75) is 6.42 Å². The number of carbonyl (C=O) groups excluding carboxylic acids is 1. The number of ether oxygens (including phenoxy) is 1. The minimum absolute atomic E-state index is 0.0923. The van der Waals surface area contributed by atoms with Crippen LogP contribution in [0.1, 0.15) is 15.9 Å². The second-order valence-corrected chi connectivity index (χ2v) is 7.38. The molecule has 4 rings (SSSR count). The molecule has 1 heterocycles. The van der Waals surface area contributed by atoms with Crippen LogP contribution >= 0.6 is 0 Å². The van der Waals surface area contributed by atoms with E-state index in [0.29, 0.717) is 18.7 Å². The number of hydrogen-bond acceptors (Lipinski definition) is 3. The molecule has 4 aromatic rings. The van der Waals surface area contributed by atoms with Gasteiger partial charge in [0.2, 0.25) is 0 Å². The Balaban J connectivity index is 1.42. The molecule has 0 fully saturated rings. The fourth-order valence-corrected chi connectivity index (χ4v) is 3.61. The van der Waals surface area contributed by atoms with E-state index in [9.17, 15) is 9.59 Å². The molecule has 1 amide bonds. The second-order valence-electron chi connectivity index (χ2n) is 7.38. The summed E-state index contributed by atoms with van der Waals surface area (Å²) in [5.41, 5.74) is 4.46. The molecular formula is C27H24N2O3. The summed E-state index contributed by atoms with van der Waals surface area (Å²) in [5.74, 6) is 0.384. The molecule has 0 aliphatic rings.